The minimum absolute atomic E-state index is 0.215. The van der Waals surface area contributed by atoms with E-state index in [9.17, 15) is 0 Å². The molecule has 1 aliphatic rings. The first kappa shape index (κ1) is 13.6. The van der Waals surface area contributed by atoms with Gasteiger partial charge in [-0.1, -0.05) is 0 Å². The van der Waals surface area contributed by atoms with Crippen molar-refractivity contribution in [1.82, 2.24) is 10.2 Å². The molecule has 0 spiro atoms. The molecular formula is C14H15BrN2O3. The zero-order valence-corrected chi connectivity index (χ0v) is 12.7. The van der Waals surface area contributed by atoms with Crippen LogP contribution in [0.4, 0.5) is 0 Å². The Morgan fingerprint density at radius 2 is 2.25 bits per heavy atom. The van der Waals surface area contributed by atoms with Gasteiger partial charge in [0.2, 0.25) is 11.8 Å². The highest BCUT2D eigenvalue weighted by Crippen LogP contribution is 2.31. The van der Waals surface area contributed by atoms with Gasteiger partial charge in [-0.3, -0.25) is 0 Å². The van der Waals surface area contributed by atoms with E-state index in [0.717, 1.165) is 35.2 Å². The number of hydrogen-bond donors (Lipinski definition) is 0. The number of hydrogen-bond acceptors (Lipinski definition) is 5. The summed E-state index contributed by atoms with van der Waals surface area (Å²) >= 11 is 3.45. The van der Waals surface area contributed by atoms with Gasteiger partial charge in [-0.05, 0) is 47.0 Å². The summed E-state index contributed by atoms with van der Waals surface area (Å²) in [6.07, 6.45) is 2.07. The first-order chi connectivity index (χ1) is 9.78. The predicted octanol–water partition coefficient (Wildman–Crippen LogP) is 3.40. The van der Waals surface area contributed by atoms with Gasteiger partial charge in [-0.2, -0.15) is 0 Å². The molecule has 1 atom stereocenters. The highest BCUT2D eigenvalue weighted by atomic mass is 79.9. The van der Waals surface area contributed by atoms with Crippen molar-refractivity contribution in [2.75, 3.05) is 20.3 Å². The Balaban J connectivity index is 1.84. The Kier molecular flexibility index (Phi) is 4.03. The summed E-state index contributed by atoms with van der Waals surface area (Å²) in [6.45, 7) is 1.48. The molecule has 1 saturated heterocycles. The lowest BCUT2D eigenvalue weighted by Gasteiger charge is -2.18. The maximum absolute atomic E-state index is 5.77. The van der Waals surface area contributed by atoms with Crippen LogP contribution in [-0.2, 0) is 4.74 Å². The fourth-order valence-electron chi connectivity index (χ4n) is 2.25. The SMILES string of the molecule is COc1ccc(-c2nnc(C3CCCOC3)o2)cc1Br. The number of nitrogens with zero attached hydrogens (tertiary/aromatic N) is 2. The fourth-order valence-corrected chi connectivity index (χ4v) is 2.79. The molecule has 2 aromatic rings. The van der Waals surface area contributed by atoms with Gasteiger partial charge in [0.25, 0.3) is 0 Å². The summed E-state index contributed by atoms with van der Waals surface area (Å²) in [5.74, 6) is 2.17. The third-order valence-electron chi connectivity index (χ3n) is 3.35. The van der Waals surface area contributed by atoms with Crippen LogP contribution in [0.15, 0.2) is 27.1 Å². The summed E-state index contributed by atoms with van der Waals surface area (Å²) in [6, 6.07) is 5.68. The number of rotatable bonds is 3. The average Bonchev–Trinajstić information content (AvgIpc) is 2.98. The van der Waals surface area contributed by atoms with Crippen LogP contribution in [0.1, 0.15) is 24.7 Å². The molecular weight excluding hydrogens is 324 g/mol. The monoisotopic (exact) mass is 338 g/mol. The van der Waals surface area contributed by atoms with Crippen LogP contribution < -0.4 is 4.74 Å². The van der Waals surface area contributed by atoms with Crippen LogP contribution in [0.25, 0.3) is 11.5 Å². The molecule has 0 aliphatic carbocycles. The fraction of sp³-hybridized carbons (Fsp3) is 0.429. The van der Waals surface area contributed by atoms with Crippen molar-refractivity contribution in [3.63, 3.8) is 0 Å². The Morgan fingerprint density at radius 3 is 2.95 bits per heavy atom. The molecule has 106 valence electrons. The molecule has 0 saturated carbocycles. The van der Waals surface area contributed by atoms with Crippen LogP contribution >= 0.6 is 15.9 Å². The first-order valence-electron chi connectivity index (χ1n) is 6.53. The highest BCUT2D eigenvalue weighted by Gasteiger charge is 2.22. The van der Waals surface area contributed by atoms with Gasteiger partial charge >= 0.3 is 0 Å². The minimum atomic E-state index is 0.215. The van der Waals surface area contributed by atoms with Crippen LogP contribution in [0.3, 0.4) is 0 Å². The molecule has 0 bridgehead atoms. The topological polar surface area (TPSA) is 57.4 Å². The third-order valence-corrected chi connectivity index (χ3v) is 3.97. The van der Waals surface area contributed by atoms with Crippen LogP contribution in [-0.4, -0.2) is 30.5 Å². The summed E-state index contributed by atoms with van der Waals surface area (Å²) in [5, 5.41) is 8.27. The molecule has 1 aromatic heterocycles. The van der Waals surface area contributed by atoms with E-state index in [1.165, 1.54) is 0 Å². The quantitative estimate of drug-likeness (QED) is 0.858. The molecule has 1 fully saturated rings. The molecule has 2 heterocycles. The van der Waals surface area contributed by atoms with E-state index in [4.69, 9.17) is 13.9 Å². The van der Waals surface area contributed by atoms with E-state index < -0.39 is 0 Å². The van der Waals surface area contributed by atoms with Crippen molar-refractivity contribution in [2.45, 2.75) is 18.8 Å². The predicted molar refractivity (Wildman–Crippen MR) is 76.8 cm³/mol. The molecule has 0 radical (unpaired) electrons. The van der Waals surface area contributed by atoms with Gasteiger partial charge in [-0.15, -0.1) is 10.2 Å². The number of ether oxygens (including phenoxy) is 2. The number of aromatic nitrogens is 2. The Labute approximate surface area is 125 Å². The summed E-state index contributed by atoms with van der Waals surface area (Å²) in [7, 11) is 1.63. The highest BCUT2D eigenvalue weighted by molar-refractivity contribution is 9.10. The molecule has 1 unspecified atom stereocenters. The zero-order chi connectivity index (χ0) is 13.9. The van der Waals surface area contributed by atoms with Crippen molar-refractivity contribution in [3.05, 3.63) is 28.6 Å². The van der Waals surface area contributed by atoms with Crippen molar-refractivity contribution in [1.29, 1.82) is 0 Å². The molecule has 0 N–H and O–H groups in total. The molecule has 1 aliphatic heterocycles. The second-order valence-corrected chi connectivity index (χ2v) is 5.56. The van der Waals surface area contributed by atoms with Gasteiger partial charge in [0.1, 0.15) is 5.75 Å². The van der Waals surface area contributed by atoms with E-state index >= 15 is 0 Å². The Hall–Kier alpha value is -1.40. The van der Waals surface area contributed by atoms with E-state index in [1.807, 2.05) is 18.2 Å². The zero-order valence-electron chi connectivity index (χ0n) is 11.1. The molecule has 0 amide bonds. The van der Waals surface area contributed by atoms with Crippen LogP contribution in [0.2, 0.25) is 0 Å². The Morgan fingerprint density at radius 1 is 1.35 bits per heavy atom. The van der Waals surface area contributed by atoms with Gasteiger partial charge in [0.15, 0.2) is 0 Å². The van der Waals surface area contributed by atoms with Gasteiger partial charge in [-0.25, -0.2) is 0 Å². The van der Waals surface area contributed by atoms with E-state index in [0.29, 0.717) is 18.4 Å². The standard InChI is InChI=1S/C14H15BrN2O3/c1-18-12-5-4-9(7-11(12)15)13-16-17-14(20-13)10-3-2-6-19-8-10/h4-5,7,10H,2-3,6,8H2,1H3. The number of benzene rings is 1. The third kappa shape index (κ3) is 2.71. The molecule has 6 heteroatoms. The van der Waals surface area contributed by atoms with E-state index in [-0.39, 0.29) is 5.92 Å². The molecule has 3 rings (SSSR count). The van der Waals surface area contributed by atoms with Crippen LogP contribution in [0.5, 0.6) is 5.75 Å². The summed E-state index contributed by atoms with van der Waals surface area (Å²) < 4.78 is 17.3. The second kappa shape index (κ2) is 5.93. The normalized spacial score (nSPS) is 19.0. The van der Waals surface area contributed by atoms with Gasteiger partial charge < -0.3 is 13.9 Å². The van der Waals surface area contributed by atoms with Gasteiger partial charge in [0, 0.05) is 12.2 Å². The van der Waals surface area contributed by atoms with Gasteiger partial charge in [0.05, 0.1) is 24.1 Å². The Bertz CT molecular complexity index is 594. The van der Waals surface area contributed by atoms with Crippen molar-refractivity contribution >= 4 is 15.9 Å². The maximum Gasteiger partial charge on any atom is 0.247 e. The maximum atomic E-state index is 5.77. The lowest BCUT2D eigenvalue weighted by atomic mass is 10.0. The first-order valence-corrected chi connectivity index (χ1v) is 7.32. The molecule has 20 heavy (non-hydrogen) atoms. The summed E-state index contributed by atoms with van der Waals surface area (Å²) in [5.41, 5.74) is 0.869. The van der Waals surface area contributed by atoms with E-state index in [1.54, 1.807) is 7.11 Å². The largest absolute Gasteiger partial charge is 0.496 e. The van der Waals surface area contributed by atoms with Crippen molar-refractivity contribution < 1.29 is 13.9 Å². The number of methoxy groups -OCH3 is 1. The second-order valence-electron chi connectivity index (χ2n) is 4.71. The van der Waals surface area contributed by atoms with Crippen molar-refractivity contribution in [3.8, 4) is 17.2 Å². The lowest BCUT2D eigenvalue weighted by molar-refractivity contribution is 0.0727. The minimum Gasteiger partial charge on any atom is -0.496 e. The van der Waals surface area contributed by atoms with Crippen LogP contribution in [0, 0.1) is 0 Å². The molecule has 1 aromatic carbocycles. The van der Waals surface area contributed by atoms with Crippen molar-refractivity contribution in [2.24, 2.45) is 0 Å². The van der Waals surface area contributed by atoms with E-state index in [2.05, 4.69) is 26.1 Å². The smallest absolute Gasteiger partial charge is 0.247 e. The summed E-state index contributed by atoms with van der Waals surface area (Å²) in [4.78, 5) is 0. The lowest BCUT2D eigenvalue weighted by Crippen LogP contribution is -2.15. The number of halogens is 1. The molecule has 5 nitrogen and oxygen atoms in total. The average molecular weight is 339 g/mol.